The van der Waals surface area contributed by atoms with E-state index in [4.69, 9.17) is 5.73 Å². The van der Waals surface area contributed by atoms with Gasteiger partial charge in [-0.1, -0.05) is 27.7 Å². The van der Waals surface area contributed by atoms with E-state index in [1.807, 2.05) is 27.7 Å². The highest BCUT2D eigenvalue weighted by Gasteiger charge is 1.35. The molecule has 0 atom stereocenters. The first-order valence-electron chi connectivity index (χ1n) is 3.14. The highest BCUT2D eigenvalue weighted by molar-refractivity contribution is 7.80. The van der Waals surface area contributed by atoms with Crippen LogP contribution in [0.3, 0.4) is 0 Å². The topological polar surface area (TPSA) is 26.0 Å². The van der Waals surface area contributed by atoms with Crippen LogP contribution in [0.25, 0.3) is 0 Å². The lowest BCUT2D eigenvalue weighted by Crippen LogP contribution is -1.87. The Morgan fingerprint density at radius 1 is 1.25 bits per heavy atom. The minimum atomic E-state index is 0.750. The maximum Gasteiger partial charge on any atom is -0.0106 e. The summed E-state index contributed by atoms with van der Waals surface area (Å²) < 4.78 is 0. The molecule has 0 aliphatic rings. The van der Waals surface area contributed by atoms with Crippen LogP contribution in [0.5, 0.6) is 0 Å². The van der Waals surface area contributed by atoms with E-state index in [2.05, 4.69) is 12.6 Å². The number of thiol groups is 1. The molecule has 0 aliphatic heterocycles. The largest absolute Gasteiger partial charge is 0.331 e. The predicted molar refractivity (Wildman–Crippen MR) is 45.6 cm³/mol. The van der Waals surface area contributed by atoms with Crippen LogP contribution in [0.15, 0.2) is 0 Å². The van der Waals surface area contributed by atoms with Crippen molar-refractivity contribution in [1.82, 2.24) is 0 Å². The van der Waals surface area contributed by atoms with Crippen LogP contribution in [-0.4, -0.2) is 12.3 Å². The molecule has 0 rings (SSSR count). The average Bonchev–Trinajstić information content (AvgIpc) is 1.75. The lowest BCUT2D eigenvalue weighted by atomic mass is 10.8. The van der Waals surface area contributed by atoms with Crippen molar-refractivity contribution < 1.29 is 0 Å². The van der Waals surface area contributed by atoms with Gasteiger partial charge in [-0.05, 0) is 12.3 Å². The lowest BCUT2D eigenvalue weighted by Gasteiger charge is -1.53. The van der Waals surface area contributed by atoms with E-state index in [-0.39, 0.29) is 0 Å². The summed E-state index contributed by atoms with van der Waals surface area (Å²) in [4.78, 5) is 0. The summed E-state index contributed by atoms with van der Waals surface area (Å²) in [6.45, 7) is 8.64. The molecule has 0 saturated heterocycles. The van der Waals surface area contributed by atoms with Gasteiger partial charge < -0.3 is 5.73 Å². The molecule has 0 heterocycles. The molecular weight excluding hydrogens is 118 g/mol. The summed E-state index contributed by atoms with van der Waals surface area (Å²) in [6, 6.07) is 0. The number of nitrogens with two attached hydrogens (primary N) is 1. The molecule has 0 radical (unpaired) electrons. The van der Waals surface area contributed by atoms with Crippen LogP contribution >= 0.6 is 12.6 Å². The quantitative estimate of drug-likeness (QED) is 0.490. The van der Waals surface area contributed by atoms with Gasteiger partial charge in [-0.3, -0.25) is 0 Å². The maximum absolute atomic E-state index is 4.85. The Labute approximate surface area is 59.1 Å². The Balaban J connectivity index is -0.0000000483. The highest BCUT2D eigenvalue weighted by atomic mass is 32.1. The van der Waals surface area contributed by atoms with Gasteiger partial charge in [0.15, 0.2) is 0 Å². The van der Waals surface area contributed by atoms with Gasteiger partial charge in [-0.25, -0.2) is 0 Å². The number of rotatable bonds is 0. The lowest BCUT2D eigenvalue weighted by molar-refractivity contribution is 1.14. The van der Waals surface area contributed by atoms with Crippen LogP contribution in [0.4, 0.5) is 0 Å². The minimum Gasteiger partial charge on any atom is -0.331 e. The van der Waals surface area contributed by atoms with Crippen molar-refractivity contribution in [3.05, 3.63) is 0 Å². The standard InChI is InChI=1S/C2H7N.C2H6S.C2H6/c2*1-2-3;1-2/h2-3H2,1H3;3H,2H2,1H3;1-2H3. The van der Waals surface area contributed by atoms with E-state index >= 15 is 0 Å². The van der Waals surface area contributed by atoms with Gasteiger partial charge in [-0.2, -0.15) is 12.6 Å². The van der Waals surface area contributed by atoms with Gasteiger partial charge in [0.25, 0.3) is 0 Å². The fraction of sp³-hybridized carbons (Fsp3) is 1.00. The Morgan fingerprint density at radius 3 is 1.25 bits per heavy atom. The summed E-state index contributed by atoms with van der Waals surface area (Å²) >= 11 is 3.79. The van der Waals surface area contributed by atoms with E-state index in [9.17, 15) is 0 Å². The predicted octanol–water partition coefficient (Wildman–Crippen LogP) is 1.93. The summed E-state index contributed by atoms with van der Waals surface area (Å²) in [6.07, 6.45) is 0. The Hall–Kier alpha value is 0.310. The van der Waals surface area contributed by atoms with Crippen LogP contribution in [0.1, 0.15) is 27.7 Å². The molecule has 0 aromatic rings. The zero-order chi connectivity index (χ0) is 7.41. The van der Waals surface area contributed by atoms with Crippen molar-refractivity contribution in [2.24, 2.45) is 5.73 Å². The third-order valence-electron chi connectivity index (χ3n) is 0. The molecule has 0 aromatic heterocycles. The van der Waals surface area contributed by atoms with Crippen molar-refractivity contribution >= 4 is 12.6 Å². The Bertz CT molecular complexity index is 10.5. The van der Waals surface area contributed by atoms with E-state index in [0.29, 0.717) is 0 Å². The number of hydrogen-bond acceptors (Lipinski definition) is 2. The fourth-order valence-electron chi connectivity index (χ4n) is 0. The molecule has 8 heavy (non-hydrogen) atoms. The van der Waals surface area contributed by atoms with Crippen molar-refractivity contribution in [1.29, 1.82) is 0 Å². The number of hydrogen-bond donors (Lipinski definition) is 2. The van der Waals surface area contributed by atoms with Gasteiger partial charge in [0, 0.05) is 0 Å². The molecule has 2 N–H and O–H groups in total. The summed E-state index contributed by atoms with van der Waals surface area (Å²) in [5.41, 5.74) is 4.85. The third kappa shape index (κ3) is 1850. The molecule has 0 spiro atoms. The maximum atomic E-state index is 4.85. The second kappa shape index (κ2) is 54.5. The first kappa shape index (κ1) is 15.7. The van der Waals surface area contributed by atoms with Crippen LogP contribution in [0, 0.1) is 0 Å². The van der Waals surface area contributed by atoms with E-state index in [0.717, 1.165) is 12.3 Å². The molecule has 0 aliphatic carbocycles. The first-order chi connectivity index (χ1) is 3.83. The van der Waals surface area contributed by atoms with Crippen molar-refractivity contribution in [3.63, 3.8) is 0 Å². The van der Waals surface area contributed by atoms with Crippen molar-refractivity contribution in [2.75, 3.05) is 12.3 Å². The van der Waals surface area contributed by atoms with Gasteiger partial charge in [0.1, 0.15) is 0 Å². The van der Waals surface area contributed by atoms with Gasteiger partial charge in [0.2, 0.25) is 0 Å². The second-order valence-electron chi connectivity index (χ2n) is 0.724. The second-order valence-corrected chi connectivity index (χ2v) is 1.36. The normalized spacial score (nSPS) is 5.25. The molecule has 0 aromatic carbocycles. The SMILES string of the molecule is CC.CCN.CCS. The van der Waals surface area contributed by atoms with E-state index in [1.165, 1.54) is 0 Å². The third-order valence-corrected chi connectivity index (χ3v) is 0. The average molecular weight is 137 g/mol. The van der Waals surface area contributed by atoms with Crippen LogP contribution in [0.2, 0.25) is 0 Å². The Kier molecular flexibility index (Phi) is 107. The van der Waals surface area contributed by atoms with Crippen LogP contribution in [-0.2, 0) is 0 Å². The van der Waals surface area contributed by atoms with Gasteiger partial charge in [-0.15, -0.1) is 0 Å². The minimum absolute atomic E-state index is 0.750. The Morgan fingerprint density at radius 2 is 1.25 bits per heavy atom. The first-order valence-corrected chi connectivity index (χ1v) is 3.77. The van der Waals surface area contributed by atoms with Crippen molar-refractivity contribution in [2.45, 2.75) is 27.7 Å². The van der Waals surface area contributed by atoms with Gasteiger partial charge >= 0.3 is 0 Å². The molecule has 0 saturated carbocycles. The van der Waals surface area contributed by atoms with Gasteiger partial charge in [0.05, 0.1) is 0 Å². The smallest absolute Gasteiger partial charge is 0.0106 e. The molecular formula is C6H19NS. The molecule has 0 unspecified atom stereocenters. The zero-order valence-corrected chi connectivity index (χ0v) is 7.33. The van der Waals surface area contributed by atoms with Crippen molar-refractivity contribution in [3.8, 4) is 0 Å². The molecule has 54 valence electrons. The molecule has 2 heteroatoms. The summed E-state index contributed by atoms with van der Waals surface area (Å²) in [7, 11) is 0. The zero-order valence-electron chi connectivity index (χ0n) is 6.44. The summed E-state index contributed by atoms with van der Waals surface area (Å²) in [5.74, 6) is 0.944. The molecule has 0 bridgehead atoms. The van der Waals surface area contributed by atoms with E-state index in [1.54, 1.807) is 0 Å². The summed E-state index contributed by atoms with van der Waals surface area (Å²) in [5, 5.41) is 0. The highest BCUT2D eigenvalue weighted by Crippen LogP contribution is 1.58. The monoisotopic (exact) mass is 137 g/mol. The molecule has 0 fully saturated rings. The van der Waals surface area contributed by atoms with E-state index < -0.39 is 0 Å². The van der Waals surface area contributed by atoms with Crippen LogP contribution < -0.4 is 5.73 Å². The molecule has 0 amide bonds. The molecule has 1 nitrogen and oxygen atoms in total. The fourth-order valence-corrected chi connectivity index (χ4v) is 0.